The van der Waals surface area contributed by atoms with Crippen molar-refractivity contribution in [3.8, 4) is 0 Å². The summed E-state index contributed by atoms with van der Waals surface area (Å²) in [5.41, 5.74) is 0.362. The Morgan fingerprint density at radius 1 is 1.26 bits per heavy atom. The predicted octanol–water partition coefficient (Wildman–Crippen LogP) is 0.623. The normalized spacial score (nSPS) is 11.9. The third-order valence-electron chi connectivity index (χ3n) is 2.43. The van der Waals surface area contributed by atoms with Gasteiger partial charge in [-0.3, -0.25) is 0 Å². The van der Waals surface area contributed by atoms with E-state index in [4.69, 9.17) is 14.0 Å². The molecule has 1 aromatic rings. The van der Waals surface area contributed by atoms with Crippen LogP contribution in [0.2, 0.25) is 0 Å². The molecule has 0 aliphatic carbocycles. The number of rotatable bonds is 9. The summed E-state index contributed by atoms with van der Waals surface area (Å²) < 4.78 is 41.4. The Balaban J connectivity index is 2.36. The Morgan fingerprint density at radius 3 is 2.58 bits per heavy atom. The number of aryl methyl sites for hydroxylation is 2. The van der Waals surface area contributed by atoms with Crippen LogP contribution in [0.15, 0.2) is 9.42 Å². The zero-order chi connectivity index (χ0) is 14.3. The summed E-state index contributed by atoms with van der Waals surface area (Å²) in [5, 5.41) is 3.63. The van der Waals surface area contributed by atoms with Crippen molar-refractivity contribution in [2.75, 3.05) is 33.5 Å². The summed E-state index contributed by atoms with van der Waals surface area (Å²) in [5.74, 6) is 0.293. The first-order valence-corrected chi connectivity index (χ1v) is 7.46. The van der Waals surface area contributed by atoms with Crippen molar-refractivity contribution in [2.45, 2.75) is 25.2 Å². The highest BCUT2D eigenvalue weighted by molar-refractivity contribution is 7.89. The highest BCUT2D eigenvalue weighted by atomic mass is 32.2. The Bertz CT molecular complexity index is 464. The molecule has 1 aromatic heterocycles. The Kier molecular flexibility index (Phi) is 6.43. The van der Waals surface area contributed by atoms with E-state index in [-0.39, 0.29) is 4.90 Å². The van der Waals surface area contributed by atoms with Gasteiger partial charge >= 0.3 is 0 Å². The third-order valence-corrected chi connectivity index (χ3v) is 4.13. The van der Waals surface area contributed by atoms with E-state index in [2.05, 4.69) is 9.88 Å². The van der Waals surface area contributed by atoms with E-state index in [1.54, 1.807) is 21.0 Å². The van der Waals surface area contributed by atoms with E-state index in [9.17, 15) is 8.42 Å². The summed E-state index contributed by atoms with van der Waals surface area (Å²) in [6, 6.07) is 0. The molecule has 0 spiro atoms. The van der Waals surface area contributed by atoms with Gasteiger partial charge in [-0.25, -0.2) is 13.1 Å². The molecule has 110 valence electrons. The minimum absolute atomic E-state index is 0.118. The molecule has 8 heteroatoms. The molecule has 0 amide bonds. The zero-order valence-corrected chi connectivity index (χ0v) is 12.2. The van der Waals surface area contributed by atoms with Crippen molar-refractivity contribution >= 4 is 10.0 Å². The molecule has 19 heavy (non-hydrogen) atoms. The highest BCUT2D eigenvalue weighted by Crippen LogP contribution is 2.18. The fourth-order valence-corrected chi connectivity index (χ4v) is 2.95. The van der Waals surface area contributed by atoms with Crippen LogP contribution >= 0.6 is 0 Å². The van der Waals surface area contributed by atoms with Crippen LogP contribution in [0.1, 0.15) is 17.9 Å². The maximum absolute atomic E-state index is 12.0. The van der Waals surface area contributed by atoms with Gasteiger partial charge in [-0.15, -0.1) is 0 Å². The standard InChI is InChI=1S/C11H20N2O5S/c1-9-11(10(2)18-13-9)19(14,15)12-5-4-6-17-8-7-16-3/h12H,4-8H2,1-3H3. The molecule has 0 saturated carbocycles. The molecule has 7 nitrogen and oxygen atoms in total. The molecule has 0 unspecified atom stereocenters. The minimum Gasteiger partial charge on any atom is -0.382 e. The van der Waals surface area contributed by atoms with Crippen LogP contribution < -0.4 is 4.72 Å². The SMILES string of the molecule is COCCOCCCNS(=O)(=O)c1c(C)noc1C. The highest BCUT2D eigenvalue weighted by Gasteiger charge is 2.23. The fourth-order valence-electron chi connectivity index (χ4n) is 1.56. The van der Waals surface area contributed by atoms with Crippen molar-refractivity contribution < 1.29 is 22.4 Å². The summed E-state index contributed by atoms with van der Waals surface area (Å²) >= 11 is 0. The number of nitrogens with zero attached hydrogens (tertiary/aromatic N) is 1. The second kappa shape index (κ2) is 7.59. The summed E-state index contributed by atoms with van der Waals surface area (Å²) in [6.07, 6.45) is 0.590. The van der Waals surface area contributed by atoms with E-state index in [1.807, 2.05) is 0 Å². The Hall–Kier alpha value is -0.960. The topological polar surface area (TPSA) is 90.7 Å². The monoisotopic (exact) mass is 292 g/mol. The van der Waals surface area contributed by atoms with Gasteiger partial charge in [0.25, 0.3) is 0 Å². The number of methoxy groups -OCH3 is 1. The van der Waals surface area contributed by atoms with Gasteiger partial charge in [0, 0.05) is 20.3 Å². The first kappa shape index (κ1) is 16.1. The van der Waals surface area contributed by atoms with E-state index >= 15 is 0 Å². The van der Waals surface area contributed by atoms with E-state index < -0.39 is 10.0 Å². The predicted molar refractivity (Wildman–Crippen MR) is 68.5 cm³/mol. The van der Waals surface area contributed by atoms with Crippen molar-refractivity contribution in [3.05, 3.63) is 11.5 Å². The Labute approximate surface area is 113 Å². The summed E-state index contributed by atoms with van der Waals surface area (Å²) in [6.45, 7) is 4.99. The second-order valence-electron chi connectivity index (χ2n) is 4.01. The number of ether oxygens (including phenoxy) is 2. The molecule has 0 fully saturated rings. The molecule has 0 aliphatic heterocycles. The van der Waals surface area contributed by atoms with Gasteiger partial charge in [-0.05, 0) is 20.3 Å². The number of hydrogen-bond donors (Lipinski definition) is 1. The smallest absolute Gasteiger partial charge is 0.245 e. The van der Waals surface area contributed by atoms with Crippen LogP contribution in [-0.2, 0) is 19.5 Å². The van der Waals surface area contributed by atoms with Gasteiger partial charge in [-0.2, -0.15) is 0 Å². The molecular formula is C11H20N2O5S. The van der Waals surface area contributed by atoms with Crippen molar-refractivity contribution in [1.29, 1.82) is 0 Å². The van der Waals surface area contributed by atoms with E-state index in [0.29, 0.717) is 44.2 Å². The summed E-state index contributed by atoms with van der Waals surface area (Å²) in [4.78, 5) is 0.118. The zero-order valence-electron chi connectivity index (χ0n) is 11.4. The summed E-state index contributed by atoms with van der Waals surface area (Å²) in [7, 11) is -1.96. The second-order valence-corrected chi connectivity index (χ2v) is 5.71. The molecule has 0 bridgehead atoms. The van der Waals surface area contributed by atoms with Crippen LogP contribution in [0.5, 0.6) is 0 Å². The molecule has 1 N–H and O–H groups in total. The van der Waals surface area contributed by atoms with Crippen LogP contribution in [-0.4, -0.2) is 47.0 Å². The van der Waals surface area contributed by atoms with Gasteiger partial charge in [0.1, 0.15) is 10.6 Å². The fraction of sp³-hybridized carbons (Fsp3) is 0.727. The molecule has 0 atom stereocenters. The van der Waals surface area contributed by atoms with Gasteiger partial charge in [-0.1, -0.05) is 5.16 Å². The number of aromatic nitrogens is 1. The van der Waals surface area contributed by atoms with E-state index in [0.717, 1.165) is 0 Å². The van der Waals surface area contributed by atoms with Crippen LogP contribution in [0.25, 0.3) is 0 Å². The lowest BCUT2D eigenvalue weighted by Crippen LogP contribution is -2.26. The minimum atomic E-state index is -3.56. The lowest BCUT2D eigenvalue weighted by atomic mass is 10.4. The number of sulfonamides is 1. The molecule has 1 rings (SSSR count). The van der Waals surface area contributed by atoms with Crippen molar-refractivity contribution in [3.63, 3.8) is 0 Å². The lowest BCUT2D eigenvalue weighted by Gasteiger charge is -2.06. The largest absolute Gasteiger partial charge is 0.382 e. The third kappa shape index (κ3) is 4.90. The van der Waals surface area contributed by atoms with Gasteiger partial charge in [0.05, 0.1) is 13.2 Å². The maximum atomic E-state index is 12.0. The molecule has 0 saturated heterocycles. The van der Waals surface area contributed by atoms with Crippen molar-refractivity contribution in [1.82, 2.24) is 9.88 Å². The van der Waals surface area contributed by atoms with Gasteiger partial charge < -0.3 is 14.0 Å². The van der Waals surface area contributed by atoms with Crippen LogP contribution in [0, 0.1) is 13.8 Å². The molecule has 1 heterocycles. The van der Waals surface area contributed by atoms with Crippen LogP contribution in [0.3, 0.4) is 0 Å². The molecule has 0 aromatic carbocycles. The van der Waals surface area contributed by atoms with Crippen molar-refractivity contribution in [2.24, 2.45) is 0 Å². The molecule has 0 radical (unpaired) electrons. The van der Waals surface area contributed by atoms with Gasteiger partial charge in [0.2, 0.25) is 10.0 Å². The first-order valence-electron chi connectivity index (χ1n) is 5.98. The first-order chi connectivity index (χ1) is 8.99. The maximum Gasteiger partial charge on any atom is 0.245 e. The Morgan fingerprint density at radius 2 is 2.00 bits per heavy atom. The van der Waals surface area contributed by atoms with Crippen LogP contribution in [0.4, 0.5) is 0 Å². The average molecular weight is 292 g/mol. The van der Waals surface area contributed by atoms with E-state index in [1.165, 1.54) is 0 Å². The number of hydrogen-bond acceptors (Lipinski definition) is 6. The van der Waals surface area contributed by atoms with Gasteiger partial charge in [0.15, 0.2) is 5.76 Å². The molecular weight excluding hydrogens is 272 g/mol. The molecule has 0 aliphatic rings. The quantitative estimate of drug-likeness (QED) is 0.671. The number of nitrogens with one attached hydrogen (secondary N) is 1. The lowest BCUT2D eigenvalue weighted by molar-refractivity contribution is 0.0699. The average Bonchev–Trinajstić information content (AvgIpc) is 2.68.